The van der Waals surface area contributed by atoms with Crippen LogP contribution < -0.4 is 5.32 Å². The molecule has 0 heterocycles. The number of hydrogen-bond donors (Lipinski definition) is 2. The van der Waals surface area contributed by atoms with Gasteiger partial charge in [0.2, 0.25) is 5.91 Å². The van der Waals surface area contributed by atoms with Gasteiger partial charge in [0.15, 0.2) is 0 Å². The van der Waals surface area contributed by atoms with Gasteiger partial charge in [0.1, 0.15) is 0 Å². The molecule has 0 aromatic rings. The van der Waals surface area contributed by atoms with Crippen molar-refractivity contribution in [1.29, 1.82) is 0 Å². The second-order valence-electron chi connectivity index (χ2n) is 2.24. The van der Waals surface area contributed by atoms with Crippen LogP contribution in [0.5, 0.6) is 0 Å². The quantitative estimate of drug-likeness (QED) is 0.490. The van der Waals surface area contributed by atoms with Crippen molar-refractivity contribution in [2.24, 2.45) is 0 Å². The molecule has 0 aliphatic heterocycles. The maximum atomic E-state index is 10.8. The Morgan fingerprint density at radius 1 is 1.38 bits per heavy atom. The summed E-state index contributed by atoms with van der Waals surface area (Å²) < 4.78 is 4.69. The molecule has 0 saturated carbocycles. The van der Waals surface area contributed by atoms with Crippen molar-refractivity contribution in [3.05, 3.63) is 0 Å². The Balaban J connectivity index is 0. The number of carboxylic acids is 1. The monoisotopic (exact) mass is 239 g/mol. The van der Waals surface area contributed by atoms with E-state index in [1.807, 2.05) is 0 Å². The van der Waals surface area contributed by atoms with Gasteiger partial charge in [-0.3, -0.25) is 9.59 Å². The average molecular weight is 241 g/mol. The summed E-state index contributed by atoms with van der Waals surface area (Å²) in [5.41, 5.74) is 0. The first-order valence-corrected chi connectivity index (χ1v) is 3.64. The zero-order valence-electron chi connectivity index (χ0n) is 7.71. The van der Waals surface area contributed by atoms with Crippen LogP contribution in [0.25, 0.3) is 0 Å². The Morgan fingerprint density at radius 3 is 2.46 bits per heavy atom. The van der Waals surface area contributed by atoms with Gasteiger partial charge < -0.3 is 15.2 Å². The molecule has 0 unspecified atom stereocenters. The Kier molecular flexibility index (Phi) is 11.1. The first-order valence-electron chi connectivity index (χ1n) is 3.64. The summed E-state index contributed by atoms with van der Waals surface area (Å²) in [7, 11) is 1.53. The maximum absolute atomic E-state index is 10.8. The van der Waals surface area contributed by atoms with Crippen molar-refractivity contribution in [2.75, 3.05) is 20.3 Å². The molecule has 2 N–H and O–H groups in total. The fourth-order valence-electron chi connectivity index (χ4n) is 0.601. The molecule has 0 radical (unpaired) electrons. The van der Waals surface area contributed by atoms with Crippen molar-refractivity contribution < 1.29 is 38.9 Å². The van der Waals surface area contributed by atoms with E-state index < -0.39 is 5.97 Å². The maximum Gasteiger partial charge on any atom is 0.303 e. The van der Waals surface area contributed by atoms with Gasteiger partial charge in [-0.1, -0.05) is 0 Å². The summed E-state index contributed by atoms with van der Waals surface area (Å²) >= 11 is 0. The van der Waals surface area contributed by atoms with E-state index in [4.69, 9.17) is 5.11 Å². The zero-order valence-corrected chi connectivity index (χ0v) is 10.7. The van der Waals surface area contributed by atoms with E-state index >= 15 is 0 Å². The first kappa shape index (κ1) is 15.0. The number of rotatable bonds is 6. The smallest absolute Gasteiger partial charge is 0.303 e. The van der Waals surface area contributed by atoms with Crippen molar-refractivity contribution >= 4 is 11.9 Å². The van der Waals surface area contributed by atoms with Crippen LogP contribution in [0.4, 0.5) is 0 Å². The SMILES string of the molecule is COCCNC(=O)CCC(=O)O.[Zn]. The molecule has 0 atom stereocenters. The topological polar surface area (TPSA) is 75.6 Å². The number of carbonyl (C=O) groups is 2. The number of carbonyl (C=O) groups excluding carboxylic acids is 1. The van der Waals surface area contributed by atoms with E-state index in [9.17, 15) is 9.59 Å². The third kappa shape index (κ3) is 11.5. The number of ether oxygens (including phenoxy) is 1. The van der Waals surface area contributed by atoms with E-state index in [2.05, 4.69) is 10.1 Å². The molecular formula is C7H13NO4Zn. The minimum absolute atomic E-state index is 0. The molecule has 0 spiro atoms. The number of carboxylic acid groups (broad SMARTS) is 1. The van der Waals surface area contributed by atoms with Gasteiger partial charge in [-0.15, -0.1) is 0 Å². The van der Waals surface area contributed by atoms with Crippen molar-refractivity contribution in [3.63, 3.8) is 0 Å². The van der Waals surface area contributed by atoms with Gasteiger partial charge in [0.25, 0.3) is 0 Å². The molecule has 1 amide bonds. The van der Waals surface area contributed by atoms with Gasteiger partial charge >= 0.3 is 5.97 Å². The molecule has 5 nitrogen and oxygen atoms in total. The Morgan fingerprint density at radius 2 is 2.00 bits per heavy atom. The molecule has 13 heavy (non-hydrogen) atoms. The Bertz CT molecular complexity index is 163. The number of hydrogen-bond acceptors (Lipinski definition) is 3. The fraction of sp³-hybridized carbons (Fsp3) is 0.714. The third-order valence-corrected chi connectivity index (χ3v) is 1.19. The van der Waals surface area contributed by atoms with Crippen LogP contribution >= 0.6 is 0 Å². The molecule has 0 aromatic heterocycles. The molecule has 72 valence electrons. The zero-order chi connectivity index (χ0) is 9.40. The standard InChI is InChI=1S/C7H13NO4.Zn/c1-12-5-4-8-6(9)2-3-7(10)11;/h2-5H2,1H3,(H,8,9)(H,10,11);. The van der Waals surface area contributed by atoms with E-state index in [1.54, 1.807) is 0 Å². The van der Waals surface area contributed by atoms with Gasteiger partial charge in [0, 0.05) is 39.6 Å². The van der Waals surface area contributed by atoms with Crippen LogP contribution in [0.3, 0.4) is 0 Å². The van der Waals surface area contributed by atoms with Crippen molar-refractivity contribution in [1.82, 2.24) is 5.32 Å². The predicted octanol–water partition coefficient (Wildman–Crippen LogP) is -0.389. The van der Waals surface area contributed by atoms with Crippen molar-refractivity contribution in [2.45, 2.75) is 12.8 Å². The molecule has 0 aliphatic rings. The van der Waals surface area contributed by atoms with E-state index in [1.165, 1.54) is 7.11 Å². The van der Waals surface area contributed by atoms with Gasteiger partial charge in [-0.25, -0.2) is 0 Å². The average Bonchev–Trinajstić information content (AvgIpc) is 2.01. The minimum Gasteiger partial charge on any atom is -0.481 e. The number of aliphatic carboxylic acids is 1. The second kappa shape index (κ2) is 9.61. The normalized spacial score (nSPS) is 8.69. The number of methoxy groups -OCH3 is 1. The van der Waals surface area contributed by atoms with Crippen LogP contribution in [0.1, 0.15) is 12.8 Å². The van der Waals surface area contributed by atoms with Crippen molar-refractivity contribution in [3.8, 4) is 0 Å². The molecule has 0 saturated heterocycles. The molecule has 0 rings (SSSR count). The summed E-state index contributed by atoms with van der Waals surface area (Å²) in [6, 6.07) is 0. The van der Waals surface area contributed by atoms with E-state index in [-0.39, 0.29) is 38.2 Å². The van der Waals surface area contributed by atoms with Crippen LogP contribution in [0, 0.1) is 0 Å². The predicted molar refractivity (Wildman–Crippen MR) is 41.8 cm³/mol. The van der Waals surface area contributed by atoms with Crippen LogP contribution in [-0.2, 0) is 33.8 Å². The Labute approximate surface area is 89.6 Å². The van der Waals surface area contributed by atoms with Crippen LogP contribution in [0.2, 0.25) is 0 Å². The van der Waals surface area contributed by atoms with E-state index in [0.29, 0.717) is 13.2 Å². The number of nitrogens with one attached hydrogen (secondary N) is 1. The molecule has 0 aliphatic carbocycles. The van der Waals surface area contributed by atoms with Gasteiger partial charge in [-0.05, 0) is 0 Å². The molecule has 0 fully saturated rings. The Hall–Kier alpha value is -0.477. The summed E-state index contributed by atoms with van der Waals surface area (Å²) in [6.45, 7) is 0.869. The van der Waals surface area contributed by atoms with Gasteiger partial charge in [0.05, 0.1) is 13.0 Å². The third-order valence-electron chi connectivity index (χ3n) is 1.19. The second-order valence-corrected chi connectivity index (χ2v) is 2.24. The summed E-state index contributed by atoms with van der Waals surface area (Å²) in [5, 5.41) is 10.7. The molecule has 0 aromatic carbocycles. The summed E-state index contributed by atoms with van der Waals surface area (Å²) in [5.74, 6) is -1.22. The number of amides is 1. The fourth-order valence-corrected chi connectivity index (χ4v) is 0.601. The van der Waals surface area contributed by atoms with E-state index in [0.717, 1.165) is 0 Å². The molecule has 0 bridgehead atoms. The summed E-state index contributed by atoms with van der Waals surface area (Å²) in [6.07, 6.45) is -0.0993. The molecule has 6 heteroatoms. The summed E-state index contributed by atoms with van der Waals surface area (Å²) in [4.78, 5) is 20.8. The largest absolute Gasteiger partial charge is 0.481 e. The van der Waals surface area contributed by atoms with Crippen LogP contribution in [0.15, 0.2) is 0 Å². The van der Waals surface area contributed by atoms with Gasteiger partial charge in [-0.2, -0.15) is 0 Å². The van der Waals surface area contributed by atoms with Crippen LogP contribution in [-0.4, -0.2) is 37.2 Å². The first-order chi connectivity index (χ1) is 5.66. The minimum atomic E-state index is -0.961. The molecular weight excluding hydrogens is 227 g/mol.